The maximum absolute atomic E-state index is 13.3. The van der Waals surface area contributed by atoms with E-state index in [1.165, 1.54) is 4.90 Å². The topological polar surface area (TPSA) is 86.3 Å². The van der Waals surface area contributed by atoms with Crippen molar-refractivity contribution < 1.29 is 28.5 Å². The number of rotatable bonds is 11. The third-order valence-electron chi connectivity index (χ3n) is 4.97. The number of carbonyl (C=O) groups is 2. The summed E-state index contributed by atoms with van der Waals surface area (Å²) in [4.78, 5) is 27.7. The molecule has 1 aliphatic rings. The molecule has 2 aromatic carbocycles. The Morgan fingerprint density at radius 1 is 0.875 bits per heavy atom. The number of anilines is 1. The minimum Gasteiger partial charge on any atom is -0.497 e. The zero-order valence-corrected chi connectivity index (χ0v) is 18.8. The van der Waals surface area contributed by atoms with Gasteiger partial charge in [0, 0.05) is 44.1 Å². The van der Waals surface area contributed by atoms with Crippen molar-refractivity contribution in [1.82, 2.24) is 4.90 Å². The maximum Gasteiger partial charge on any atom is 0.278 e. The second-order valence-electron chi connectivity index (χ2n) is 7.04. The summed E-state index contributed by atoms with van der Waals surface area (Å²) < 4.78 is 21.2. The molecule has 2 aromatic rings. The summed E-state index contributed by atoms with van der Waals surface area (Å²) in [6, 6.07) is 12.3. The number of methoxy groups -OCH3 is 3. The predicted octanol–water partition coefficient (Wildman–Crippen LogP) is 3.33. The van der Waals surface area contributed by atoms with E-state index in [1.54, 1.807) is 63.8 Å². The lowest BCUT2D eigenvalue weighted by molar-refractivity contribution is -0.137. The summed E-state index contributed by atoms with van der Waals surface area (Å²) in [6.45, 7) is 3.15. The fourth-order valence-corrected chi connectivity index (χ4v) is 3.44. The van der Waals surface area contributed by atoms with Gasteiger partial charge in [0.2, 0.25) is 0 Å². The van der Waals surface area contributed by atoms with Crippen LogP contribution in [0.5, 0.6) is 17.2 Å². The highest BCUT2D eigenvalue weighted by atomic mass is 16.5. The molecular weight excluding hydrogens is 412 g/mol. The first-order valence-electron chi connectivity index (χ1n) is 10.3. The minimum atomic E-state index is -0.392. The number of imide groups is 1. The van der Waals surface area contributed by atoms with Crippen LogP contribution < -0.4 is 19.5 Å². The normalized spacial score (nSPS) is 13.6. The predicted molar refractivity (Wildman–Crippen MR) is 121 cm³/mol. The Labute approximate surface area is 187 Å². The van der Waals surface area contributed by atoms with Crippen molar-refractivity contribution in [1.29, 1.82) is 0 Å². The van der Waals surface area contributed by atoms with Crippen LogP contribution >= 0.6 is 0 Å². The van der Waals surface area contributed by atoms with Gasteiger partial charge in [-0.2, -0.15) is 0 Å². The molecule has 8 heteroatoms. The first-order chi connectivity index (χ1) is 15.5. The number of hydrogen-bond acceptors (Lipinski definition) is 7. The number of ether oxygens (including phenoxy) is 4. The Kier molecular flexibility index (Phi) is 7.72. The van der Waals surface area contributed by atoms with Gasteiger partial charge in [-0.15, -0.1) is 0 Å². The molecule has 0 spiro atoms. The van der Waals surface area contributed by atoms with E-state index in [1.807, 2.05) is 6.92 Å². The highest BCUT2D eigenvalue weighted by Crippen LogP contribution is 2.33. The number of carbonyl (C=O) groups excluding carboxylic acids is 2. The maximum atomic E-state index is 13.3. The van der Waals surface area contributed by atoms with Crippen LogP contribution in [0.15, 0.2) is 48.2 Å². The van der Waals surface area contributed by atoms with Crippen molar-refractivity contribution in [2.24, 2.45) is 0 Å². The van der Waals surface area contributed by atoms with E-state index in [0.717, 1.165) is 0 Å². The highest BCUT2D eigenvalue weighted by molar-refractivity contribution is 6.36. The first kappa shape index (κ1) is 23.1. The van der Waals surface area contributed by atoms with Gasteiger partial charge in [0.1, 0.15) is 22.9 Å². The smallest absolute Gasteiger partial charge is 0.278 e. The molecule has 1 aliphatic heterocycles. The van der Waals surface area contributed by atoms with Crippen LogP contribution in [0.25, 0.3) is 5.57 Å². The summed E-state index contributed by atoms with van der Waals surface area (Å²) in [7, 11) is 4.68. The highest BCUT2D eigenvalue weighted by Gasteiger charge is 2.39. The molecule has 0 aromatic heterocycles. The van der Waals surface area contributed by atoms with E-state index in [-0.39, 0.29) is 18.1 Å². The molecule has 0 unspecified atom stereocenters. The Bertz CT molecular complexity index is 978. The number of benzene rings is 2. The van der Waals surface area contributed by atoms with Gasteiger partial charge in [0.05, 0.1) is 26.4 Å². The molecule has 3 rings (SSSR count). The quantitative estimate of drug-likeness (QED) is 0.424. The molecule has 0 atom stereocenters. The third kappa shape index (κ3) is 5.03. The Balaban J connectivity index is 2.01. The molecule has 0 radical (unpaired) electrons. The van der Waals surface area contributed by atoms with E-state index < -0.39 is 5.91 Å². The molecule has 2 amide bonds. The van der Waals surface area contributed by atoms with Gasteiger partial charge >= 0.3 is 0 Å². The van der Waals surface area contributed by atoms with Gasteiger partial charge in [-0.3, -0.25) is 14.5 Å². The molecule has 0 fully saturated rings. The van der Waals surface area contributed by atoms with Crippen molar-refractivity contribution in [2.45, 2.75) is 13.3 Å². The van der Waals surface area contributed by atoms with E-state index in [9.17, 15) is 9.59 Å². The van der Waals surface area contributed by atoms with Crippen molar-refractivity contribution >= 4 is 23.1 Å². The average Bonchev–Trinajstić information content (AvgIpc) is 3.03. The van der Waals surface area contributed by atoms with Crippen molar-refractivity contribution in [2.75, 3.05) is 46.4 Å². The molecule has 32 heavy (non-hydrogen) atoms. The molecular formula is C24H28N2O6. The second-order valence-corrected chi connectivity index (χ2v) is 7.04. The number of nitrogens with zero attached hydrogens (tertiary/aromatic N) is 1. The fourth-order valence-electron chi connectivity index (χ4n) is 3.44. The monoisotopic (exact) mass is 440 g/mol. The van der Waals surface area contributed by atoms with E-state index in [2.05, 4.69) is 5.32 Å². The zero-order valence-electron chi connectivity index (χ0n) is 18.8. The van der Waals surface area contributed by atoms with E-state index in [0.29, 0.717) is 53.7 Å². The molecule has 0 bridgehead atoms. The van der Waals surface area contributed by atoms with Crippen LogP contribution in [-0.2, 0) is 14.3 Å². The van der Waals surface area contributed by atoms with E-state index >= 15 is 0 Å². The first-order valence-corrected chi connectivity index (χ1v) is 10.3. The number of hydrogen-bond donors (Lipinski definition) is 1. The summed E-state index contributed by atoms with van der Waals surface area (Å²) in [6.07, 6.45) is 0.546. The number of amides is 2. The van der Waals surface area contributed by atoms with Crippen LogP contribution in [0.4, 0.5) is 5.69 Å². The van der Waals surface area contributed by atoms with Crippen LogP contribution in [-0.4, -0.2) is 57.8 Å². The average molecular weight is 440 g/mol. The molecule has 1 N–H and O–H groups in total. The molecule has 0 saturated carbocycles. The lowest BCUT2D eigenvalue weighted by atomic mass is 10.0. The number of nitrogens with one attached hydrogen (secondary N) is 1. The van der Waals surface area contributed by atoms with E-state index in [4.69, 9.17) is 18.9 Å². The lowest BCUT2D eigenvalue weighted by Crippen LogP contribution is -2.33. The molecule has 0 saturated heterocycles. The Morgan fingerprint density at radius 3 is 2.09 bits per heavy atom. The van der Waals surface area contributed by atoms with Gasteiger partial charge in [0.15, 0.2) is 0 Å². The largest absolute Gasteiger partial charge is 0.497 e. The summed E-state index contributed by atoms with van der Waals surface area (Å²) in [5.74, 6) is 1.06. The van der Waals surface area contributed by atoms with Gasteiger partial charge in [-0.05, 0) is 31.0 Å². The Hall–Kier alpha value is -3.52. The molecule has 1 heterocycles. The van der Waals surface area contributed by atoms with Crippen molar-refractivity contribution in [3.8, 4) is 17.2 Å². The van der Waals surface area contributed by atoms with Crippen LogP contribution in [0.2, 0.25) is 0 Å². The minimum absolute atomic E-state index is 0.201. The summed E-state index contributed by atoms with van der Waals surface area (Å²) in [5.41, 5.74) is 1.70. The second kappa shape index (κ2) is 10.7. The van der Waals surface area contributed by atoms with Gasteiger partial charge in [-0.1, -0.05) is 12.1 Å². The summed E-state index contributed by atoms with van der Waals surface area (Å²) >= 11 is 0. The molecule has 8 nitrogen and oxygen atoms in total. The lowest BCUT2D eigenvalue weighted by Gasteiger charge is -2.15. The zero-order chi connectivity index (χ0) is 23.1. The third-order valence-corrected chi connectivity index (χ3v) is 4.97. The molecule has 170 valence electrons. The van der Waals surface area contributed by atoms with Crippen molar-refractivity contribution in [3.05, 3.63) is 53.7 Å². The summed E-state index contributed by atoms with van der Waals surface area (Å²) in [5, 5.41) is 3.12. The van der Waals surface area contributed by atoms with Gasteiger partial charge in [0.25, 0.3) is 11.8 Å². The van der Waals surface area contributed by atoms with Crippen LogP contribution in [0, 0.1) is 0 Å². The van der Waals surface area contributed by atoms with Crippen LogP contribution in [0.1, 0.15) is 18.9 Å². The van der Waals surface area contributed by atoms with Crippen LogP contribution in [0.3, 0.4) is 0 Å². The van der Waals surface area contributed by atoms with Gasteiger partial charge in [-0.25, -0.2) is 0 Å². The van der Waals surface area contributed by atoms with Crippen molar-refractivity contribution in [3.63, 3.8) is 0 Å². The SMILES string of the molecule is CCOc1ccc(C2=C(Nc3cc(OC)cc(OC)c3)C(=O)N(CCCOC)C2=O)cc1. The Morgan fingerprint density at radius 2 is 1.53 bits per heavy atom. The molecule has 0 aliphatic carbocycles. The fraction of sp³-hybridized carbons (Fsp3) is 0.333. The van der Waals surface area contributed by atoms with Gasteiger partial charge < -0.3 is 24.3 Å². The standard InChI is InChI=1S/C24H28N2O6/c1-5-32-18-9-7-16(8-10-18)21-22(24(28)26(23(21)27)11-6-12-29-2)25-17-13-19(30-3)15-20(14-17)31-4/h7-10,13-15,25H,5-6,11-12H2,1-4H3.